The zero-order valence-electron chi connectivity index (χ0n) is 6.35. The van der Waals surface area contributed by atoms with Gasteiger partial charge in [0.2, 0.25) is 0 Å². The Morgan fingerprint density at radius 3 is 2.60 bits per heavy atom. The van der Waals surface area contributed by atoms with Gasteiger partial charge in [0.25, 0.3) is 0 Å². The molecule has 3 nitrogen and oxygen atoms in total. The molecule has 0 radical (unpaired) electrons. The maximum absolute atomic E-state index is 10.8. The van der Waals surface area contributed by atoms with E-state index in [1.165, 1.54) is 0 Å². The lowest BCUT2D eigenvalue weighted by Crippen LogP contribution is -2.34. The summed E-state index contributed by atoms with van der Waals surface area (Å²) in [6, 6.07) is 1.29. The molecule has 0 aliphatic rings. The van der Waals surface area contributed by atoms with E-state index in [9.17, 15) is 4.79 Å². The van der Waals surface area contributed by atoms with Crippen molar-refractivity contribution < 1.29 is 4.79 Å². The lowest BCUT2D eigenvalue weighted by molar-refractivity contribution is -0.119. The number of carbonyl (C=O) groups is 1. The molecule has 0 saturated carbocycles. The first-order chi connectivity index (χ1) is 4.76. The van der Waals surface area contributed by atoms with E-state index < -0.39 is 6.04 Å². The minimum atomic E-state index is -0.602. The number of rotatable bonds is 4. The van der Waals surface area contributed by atoms with E-state index in [0.717, 1.165) is 0 Å². The van der Waals surface area contributed by atoms with Crippen LogP contribution >= 0.6 is 0 Å². The molecule has 0 heterocycles. The van der Waals surface area contributed by atoms with Crippen molar-refractivity contribution in [2.45, 2.75) is 26.3 Å². The standard InChI is InChI=1S/C7H12N2O/c1-3-7(10)6(5-8)9-4-2/h6,9H,3-4H2,1-2H3. The maximum Gasteiger partial charge on any atom is 0.163 e. The molecule has 0 amide bonds. The molecule has 1 unspecified atom stereocenters. The Balaban J connectivity index is 3.84. The molecule has 0 rings (SSSR count). The highest BCUT2D eigenvalue weighted by Gasteiger charge is 2.12. The summed E-state index contributed by atoms with van der Waals surface area (Å²) in [4.78, 5) is 10.8. The molecule has 0 aromatic heterocycles. The van der Waals surface area contributed by atoms with Crippen LogP contribution in [0.4, 0.5) is 0 Å². The molecule has 0 aromatic carbocycles. The van der Waals surface area contributed by atoms with Gasteiger partial charge in [0.1, 0.15) is 0 Å². The third kappa shape index (κ3) is 2.60. The van der Waals surface area contributed by atoms with Crippen LogP contribution in [0.1, 0.15) is 20.3 Å². The first-order valence-corrected chi connectivity index (χ1v) is 3.42. The van der Waals surface area contributed by atoms with Gasteiger partial charge in [-0.1, -0.05) is 13.8 Å². The van der Waals surface area contributed by atoms with Crippen molar-refractivity contribution in [1.82, 2.24) is 5.32 Å². The van der Waals surface area contributed by atoms with E-state index in [4.69, 9.17) is 5.26 Å². The van der Waals surface area contributed by atoms with Gasteiger partial charge >= 0.3 is 0 Å². The fraction of sp³-hybridized carbons (Fsp3) is 0.714. The summed E-state index contributed by atoms with van der Waals surface area (Å²) in [5.41, 5.74) is 0. The van der Waals surface area contributed by atoms with Crippen molar-refractivity contribution in [2.75, 3.05) is 6.54 Å². The highest BCUT2D eigenvalue weighted by molar-refractivity contribution is 5.86. The Kier molecular flexibility index (Phi) is 4.51. The number of hydrogen-bond acceptors (Lipinski definition) is 3. The normalized spacial score (nSPS) is 12.1. The van der Waals surface area contributed by atoms with Gasteiger partial charge in [-0.2, -0.15) is 5.26 Å². The van der Waals surface area contributed by atoms with Crippen molar-refractivity contribution >= 4 is 5.78 Å². The monoisotopic (exact) mass is 140 g/mol. The highest BCUT2D eigenvalue weighted by atomic mass is 16.1. The van der Waals surface area contributed by atoms with Gasteiger partial charge in [0, 0.05) is 6.42 Å². The highest BCUT2D eigenvalue weighted by Crippen LogP contribution is 1.88. The quantitative estimate of drug-likeness (QED) is 0.617. The number of likely N-dealkylation sites (N-methyl/N-ethyl adjacent to an activating group) is 1. The average molecular weight is 140 g/mol. The minimum absolute atomic E-state index is 0.0376. The van der Waals surface area contributed by atoms with Crippen molar-refractivity contribution in [2.24, 2.45) is 0 Å². The van der Waals surface area contributed by atoms with Gasteiger partial charge < -0.3 is 0 Å². The Morgan fingerprint density at radius 2 is 2.30 bits per heavy atom. The van der Waals surface area contributed by atoms with Crippen LogP contribution in [0.3, 0.4) is 0 Å². The third-order valence-electron chi connectivity index (χ3n) is 1.21. The second kappa shape index (κ2) is 4.95. The van der Waals surface area contributed by atoms with Crippen LogP contribution in [0.2, 0.25) is 0 Å². The first-order valence-electron chi connectivity index (χ1n) is 3.42. The van der Waals surface area contributed by atoms with Gasteiger partial charge in [-0.3, -0.25) is 10.1 Å². The zero-order chi connectivity index (χ0) is 7.98. The third-order valence-corrected chi connectivity index (χ3v) is 1.21. The molecule has 0 bridgehead atoms. The Morgan fingerprint density at radius 1 is 1.70 bits per heavy atom. The topological polar surface area (TPSA) is 52.9 Å². The largest absolute Gasteiger partial charge is 0.297 e. The summed E-state index contributed by atoms with van der Waals surface area (Å²) in [5, 5.41) is 11.2. The van der Waals surface area contributed by atoms with Gasteiger partial charge in [0.15, 0.2) is 11.8 Å². The molecule has 56 valence electrons. The van der Waals surface area contributed by atoms with E-state index in [0.29, 0.717) is 13.0 Å². The molecule has 0 aliphatic carbocycles. The number of nitrogens with one attached hydrogen (secondary N) is 1. The van der Waals surface area contributed by atoms with Crippen LogP contribution < -0.4 is 5.32 Å². The molecule has 1 atom stereocenters. The van der Waals surface area contributed by atoms with Gasteiger partial charge in [-0.15, -0.1) is 0 Å². The van der Waals surface area contributed by atoms with Gasteiger partial charge in [0.05, 0.1) is 6.07 Å². The Labute approximate surface area is 61.0 Å². The molecule has 1 N–H and O–H groups in total. The van der Waals surface area contributed by atoms with E-state index in [1.54, 1.807) is 6.92 Å². The molecule has 0 fully saturated rings. The Bertz CT molecular complexity index is 148. The Hall–Kier alpha value is -0.880. The fourth-order valence-corrected chi connectivity index (χ4v) is 0.640. The second-order valence-corrected chi connectivity index (χ2v) is 1.94. The van der Waals surface area contributed by atoms with Crippen molar-refractivity contribution in [3.05, 3.63) is 0 Å². The molecule has 0 aliphatic heterocycles. The molecular weight excluding hydrogens is 128 g/mol. The number of nitriles is 1. The predicted octanol–water partition coefficient (Wildman–Crippen LogP) is 0.467. The number of carbonyl (C=O) groups excluding carboxylic acids is 1. The number of nitrogens with zero attached hydrogens (tertiary/aromatic N) is 1. The zero-order valence-corrected chi connectivity index (χ0v) is 6.35. The first kappa shape index (κ1) is 9.12. The summed E-state index contributed by atoms with van der Waals surface area (Å²) in [6.07, 6.45) is 0.422. The molecule has 0 spiro atoms. The molecule has 10 heavy (non-hydrogen) atoms. The lowest BCUT2D eigenvalue weighted by atomic mass is 10.1. The van der Waals surface area contributed by atoms with Gasteiger partial charge in [-0.25, -0.2) is 0 Å². The van der Waals surface area contributed by atoms with E-state index in [-0.39, 0.29) is 5.78 Å². The SMILES string of the molecule is CCNC(C#N)C(=O)CC. The van der Waals surface area contributed by atoms with Crippen LogP contribution in [0.5, 0.6) is 0 Å². The summed E-state index contributed by atoms with van der Waals surface area (Å²) in [6.45, 7) is 4.28. The second-order valence-electron chi connectivity index (χ2n) is 1.94. The summed E-state index contributed by atoms with van der Waals surface area (Å²) < 4.78 is 0. The summed E-state index contributed by atoms with van der Waals surface area (Å²) in [7, 11) is 0. The minimum Gasteiger partial charge on any atom is -0.297 e. The molecular formula is C7H12N2O. The predicted molar refractivity (Wildman–Crippen MR) is 38.4 cm³/mol. The van der Waals surface area contributed by atoms with Crippen molar-refractivity contribution in [3.63, 3.8) is 0 Å². The van der Waals surface area contributed by atoms with E-state index in [2.05, 4.69) is 5.32 Å². The fourth-order valence-electron chi connectivity index (χ4n) is 0.640. The molecule has 3 heteroatoms. The molecule has 0 saturated heterocycles. The average Bonchev–Trinajstić information content (AvgIpc) is 1.99. The van der Waals surface area contributed by atoms with Crippen LogP contribution in [0, 0.1) is 11.3 Å². The smallest absolute Gasteiger partial charge is 0.163 e. The number of Topliss-reactive ketones (excluding diaryl/α,β-unsaturated/α-hetero) is 1. The number of hydrogen-bond donors (Lipinski definition) is 1. The number of ketones is 1. The lowest BCUT2D eigenvalue weighted by Gasteiger charge is -2.05. The summed E-state index contributed by atoms with van der Waals surface area (Å²) >= 11 is 0. The van der Waals surface area contributed by atoms with E-state index in [1.807, 2.05) is 13.0 Å². The summed E-state index contributed by atoms with van der Waals surface area (Å²) in [5.74, 6) is -0.0376. The van der Waals surface area contributed by atoms with Crippen LogP contribution in [0.25, 0.3) is 0 Å². The van der Waals surface area contributed by atoms with E-state index >= 15 is 0 Å². The van der Waals surface area contributed by atoms with Gasteiger partial charge in [-0.05, 0) is 6.54 Å². The maximum atomic E-state index is 10.8. The molecule has 0 aromatic rings. The van der Waals surface area contributed by atoms with Crippen LogP contribution in [0.15, 0.2) is 0 Å². The van der Waals surface area contributed by atoms with Crippen molar-refractivity contribution in [1.29, 1.82) is 5.26 Å². The van der Waals surface area contributed by atoms with Crippen LogP contribution in [-0.4, -0.2) is 18.4 Å². The van der Waals surface area contributed by atoms with Crippen LogP contribution in [-0.2, 0) is 4.79 Å². The van der Waals surface area contributed by atoms with Crippen molar-refractivity contribution in [3.8, 4) is 6.07 Å².